The fourth-order valence-corrected chi connectivity index (χ4v) is 2.81. The zero-order valence-electron chi connectivity index (χ0n) is 13.3. The van der Waals surface area contributed by atoms with Gasteiger partial charge in [-0.3, -0.25) is 0 Å². The van der Waals surface area contributed by atoms with E-state index < -0.39 is 17.6 Å². The van der Waals surface area contributed by atoms with Gasteiger partial charge in [-0.25, -0.2) is 13.6 Å². The lowest BCUT2D eigenvalue weighted by molar-refractivity contribution is 0.0696. The molecule has 0 amide bonds. The van der Waals surface area contributed by atoms with Gasteiger partial charge in [0.25, 0.3) is 0 Å². The Kier molecular flexibility index (Phi) is 4.23. The summed E-state index contributed by atoms with van der Waals surface area (Å²) in [5.74, 6) is -2.16. The third-order valence-corrected chi connectivity index (χ3v) is 4.08. The fourth-order valence-electron chi connectivity index (χ4n) is 2.81. The highest BCUT2D eigenvalue weighted by Crippen LogP contribution is 2.42. The summed E-state index contributed by atoms with van der Waals surface area (Å²) in [5, 5.41) is 20.2. The van der Waals surface area contributed by atoms with E-state index in [2.05, 4.69) is 0 Å². The minimum absolute atomic E-state index is 0.0106. The molecule has 25 heavy (non-hydrogen) atoms. The van der Waals surface area contributed by atoms with E-state index in [1.807, 2.05) is 0 Å². The van der Waals surface area contributed by atoms with Crippen LogP contribution in [0, 0.1) is 18.6 Å². The zero-order chi connectivity index (χ0) is 18.1. The van der Waals surface area contributed by atoms with E-state index >= 15 is 0 Å². The number of halogens is 2. The van der Waals surface area contributed by atoms with Crippen molar-refractivity contribution in [3.8, 4) is 28.0 Å². The number of benzene rings is 3. The SMILES string of the molecule is Cc1c(C(=O)O)cc(-c2ccc(F)cc2)c(O)c1-c1ccc(F)cc1. The lowest BCUT2D eigenvalue weighted by Crippen LogP contribution is -2.03. The first-order valence-electron chi connectivity index (χ1n) is 7.50. The van der Waals surface area contributed by atoms with E-state index in [1.54, 1.807) is 6.92 Å². The average molecular weight is 340 g/mol. The molecule has 0 saturated carbocycles. The van der Waals surface area contributed by atoms with Crippen LogP contribution in [0.1, 0.15) is 15.9 Å². The number of phenolic OH excluding ortho intramolecular Hbond substituents is 1. The summed E-state index contributed by atoms with van der Waals surface area (Å²) in [6.07, 6.45) is 0. The van der Waals surface area contributed by atoms with Crippen molar-refractivity contribution in [1.82, 2.24) is 0 Å². The Morgan fingerprint density at radius 1 is 0.880 bits per heavy atom. The Balaban J connectivity index is 2.32. The van der Waals surface area contributed by atoms with Crippen molar-refractivity contribution in [3.05, 3.63) is 77.4 Å². The van der Waals surface area contributed by atoms with E-state index in [0.29, 0.717) is 22.3 Å². The maximum absolute atomic E-state index is 13.2. The Morgan fingerprint density at radius 2 is 1.36 bits per heavy atom. The molecule has 126 valence electrons. The van der Waals surface area contributed by atoms with Crippen LogP contribution in [-0.2, 0) is 0 Å². The van der Waals surface area contributed by atoms with E-state index in [0.717, 1.165) is 0 Å². The van der Waals surface area contributed by atoms with Gasteiger partial charge >= 0.3 is 5.97 Å². The van der Waals surface area contributed by atoms with Crippen molar-refractivity contribution in [2.24, 2.45) is 0 Å². The number of carboxylic acids is 1. The number of hydrogen-bond acceptors (Lipinski definition) is 2. The average Bonchev–Trinajstić information content (AvgIpc) is 2.57. The van der Waals surface area contributed by atoms with Crippen LogP contribution in [0.4, 0.5) is 8.78 Å². The van der Waals surface area contributed by atoms with Crippen molar-refractivity contribution in [3.63, 3.8) is 0 Å². The highest BCUT2D eigenvalue weighted by Gasteiger charge is 2.20. The van der Waals surface area contributed by atoms with Gasteiger partial charge in [-0.15, -0.1) is 0 Å². The Labute approximate surface area is 142 Å². The molecule has 3 nitrogen and oxygen atoms in total. The van der Waals surface area contributed by atoms with Gasteiger partial charge in [-0.05, 0) is 53.9 Å². The molecule has 0 aliphatic rings. The van der Waals surface area contributed by atoms with Crippen LogP contribution in [0.5, 0.6) is 5.75 Å². The molecule has 0 aromatic heterocycles. The molecular formula is C20H14F2O3. The molecule has 0 spiro atoms. The fraction of sp³-hybridized carbons (Fsp3) is 0.0500. The topological polar surface area (TPSA) is 57.5 Å². The van der Waals surface area contributed by atoms with Crippen LogP contribution < -0.4 is 0 Å². The number of aromatic hydroxyl groups is 1. The molecule has 0 bridgehead atoms. The minimum atomic E-state index is -1.15. The summed E-state index contributed by atoms with van der Waals surface area (Å²) in [4.78, 5) is 11.6. The van der Waals surface area contributed by atoms with Crippen molar-refractivity contribution in [2.75, 3.05) is 0 Å². The quantitative estimate of drug-likeness (QED) is 0.704. The maximum Gasteiger partial charge on any atom is 0.336 e. The highest BCUT2D eigenvalue weighted by molar-refractivity contribution is 5.97. The first-order valence-corrected chi connectivity index (χ1v) is 7.50. The Hall–Kier alpha value is -3.21. The molecule has 0 radical (unpaired) electrons. The highest BCUT2D eigenvalue weighted by atomic mass is 19.1. The zero-order valence-corrected chi connectivity index (χ0v) is 13.3. The molecule has 0 aliphatic carbocycles. The van der Waals surface area contributed by atoms with Crippen molar-refractivity contribution in [1.29, 1.82) is 0 Å². The van der Waals surface area contributed by atoms with Gasteiger partial charge in [0.2, 0.25) is 0 Å². The largest absolute Gasteiger partial charge is 0.507 e. The first kappa shape index (κ1) is 16.6. The van der Waals surface area contributed by atoms with Crippen LogP contribution in [0.25, 0.3) is 22.3 Å². The monoisotopic (exact) mass is 340 g/mol. The standard InChI is InChI=1S/C20H14F2O3/c1-11-16(20(24)25)10-17(12-2-6-14(21)7-3-12)19(23)18(11)13-4-8-15(22)9-5-13/h2-10,23H,1H3,(H,24,25). The normalized spacial score (nSPS) is 10.7. The summed E-state index contributed by atoms with van der Waals surface area (Å²) in [6, 6.07) is 12.1. The minimum Gasteiger partial charge on any atom is -0.507 e. The summed E-state index contributed by atoms with van der Waals surface area (Å²) >= 11 is 0. The number of rotatable bonds is 3. The lowest BCUT2D eigenvalue weighted by atomic mass is 9.90. The third-order valence-electron chi connectivity index (χ3n) is 4.08. The molecule has 5 heteroatoms. The number of hydrogen-bond donors (Lipinski definition) is 2. The van der Waals surface area contributed by atoms with Crippen molar-refractivity contribution in [2.45, 2.75) is 6.92 Å². The number of phenols is 1. The van der Waals surface area contributed by atoms with Gasteiger partial charge in [0.1, 0.15) is 17.4 Å². The molecular weight excluding hydrogens is 326 g/mol. The molecule has 0 unspecified atom stereocenters. The molecule has 0 heterocycles. The van der Waals surface area contributed by atoms with Crippen molar-refractivity contribution >= 4 is 5.97 Å². The van der Waals surface area contributed by atoms with E-state index in [4.69, 9.17) is 0 Å². The third kappa shape index (κ3) is 3.08. The molecule has 3 aromatic rings. The van der Waals surface area contributed by atoms with Crippen LogP contribution in [0.15, 0.2) is 54.6 Å². The summed E-state index contributed by atoms with van der Waals surface area (Å²) in [7, 11) is 0. The first-order chi connectivity index (χ1) is 11.9. The predicted octanol–water partition coefficient (Wildman–Crippen LogP) is 5.01. The van der Waals surface area contributed by atoms with E-state index in [9.17, 15) is 23.8 Å². The molecule has 0 saturated heterocycles. The Morgan fingerprint density at radius 3 is 1.84 bits per heavy atom. The number of carboxylic acid groups (broad SMARTS) is 1. The summed E-state index contributed by atoms with van der Waals surface area (Å²) in [6.45, 7) is 1.58. The summed E-state index contributed by atoms with van der Waals surface area (Å²) in [5.41, 5.74) is 1.91. The van der Waals surface area contributed by atoms with Gasteiger partial charge in [0.05, 0.1) is 5.56 Å². The van der Waals surface area contributed by atoms with Gasteiger partial charge in [-0.1, -0.05) is 24.3 Å². The van der Waals surface area contributed by atoms with E-state index in [-0.39, 0.29) is 16.9 Å². The summed E-state index contributed by atoms with van der Waals surface area (Å²) < 4.78 is 26.4. The van der Waals surface area contributed by atoms with E-state index in [1.165, 1.54) is 54.6 Å². The van der Waals surface area contributed by atoms with Crippen LogP contribution in [0.3, 0.4) is 0 Å². The lowest BCUT2D eigenvalue weighted by Gasteiger charge is -2.16. The second-order valence-electron chi connectivity index (χ2n) is 5.64. The van der Waals surface area contributed by atoms with Gasteiger partial charge in [0.15, 0.2) is 0 Å². The molecule has 2 N–H and O–H groups in total. The molecule has 3 rings (SSSR count). The van der Waals surface area contributed by atoms with Gasteiger partial charge in [0, 0.05) is 11.1 Å². The van der Waals surface area contributed by atoms with Crippen LogP contribution >= 0.6 is 0 Å². The van der Waals surface area contributed by atoms with Gasteiger partial charge in [-0.2, -0.15) is 0 Å². The molecule has 0 fully saturated rings. The predicted molar refractivity (Wildman–Crippen MR) is 90.6 cm³/mol. The maximum atomic E-state index is 13.2. The number of aromatic carboxylic acids is 1. The second-order valence-corrected chi connectivity index (χ2v) is 5.64. The number of carbonyl (C=O) groups is 1. The molecule has 3 aromatic carbocycles. The molecule has 0 atom stereocenters. The second kappa shape index (κ2) is 6.36. The van der Waals surface area contributed by atoms with Crippen molar-refractivity contribution < 1.29 is 23.8 Å². The van der Waals surface area contributed by atoms with Gasteiger partial charge < -0.3 is 10.2 Å². The van der Waals surface area contributed by atoms with Crippen LogP contribution in [0.2, 0.25) is 0 Å². The molecule has 0 aliphatic heterocycles. The Bertz CT molecular complexity index is 946. The van der Waals surface area contributed by atoms with Crippen LogP contribution in [-0.4, -0.2) is 16.2 Å². The smallest absolute Gasteiger partial charge is 0.336 e.